The maximum Gasteiger partial charge on any atom is 0.341 e. The highest BCUT2D eigenvalue weighted by atomic mass is 16.5. The van der Waals surface area contributed by atoms with Gasteiger partial charge >= 0.3 is 5.97 Å². The molecule has 2 atom stereocenters. The fraction of sp³-hybridized carbons (Fsp3) is 0.188. The van der Waals surface area contributed by atoms with Crippen LogP contribution in [-0.2, 0) is 21.6 Å². The molecular weight excluding hydrogens is 444 g/mol. The molecule has 0 radical (unpaired) electrons. The van der Waals surface area contributed by atoms with Gasteiger partial charge in [0.25, 0.3) is 0 Å². The van der Waals surface area contributed by atoms with E-state index in [4.69, 9.17) is 9.73 Å². The molecule has 36 heavy (non-hydrogen) atoms. The van der Waals surface area contributed by atoms with Crippen LogP contribution in [0.3, 0.4) is 0 Å². The van der Waals surface area contributed by atoms with Crippen LogP contribution in [0.5, 0.6) is 0 Å². The smallest absolute Gasteiger partial charge is 0.341 e. The number of carbonyl (C=O) groups is 1. The van der Waals surface area contributed by atoms with Gasteiger partial charge in [-0.15, -0.1) is 0 Å². The van der Waals surface area contributed by atoms with Crippen molar-refractivity contribution >= 4 is 11.8 Å². The first-order valence-electron chi connectivity index (χ1n) is 12.4. The number of hydrogen-bond acceptors (Lipinski definition) is 4. The molecule has 0 saturated heterocycles. The summed E-state index contributed by atoms with van der Waals surface area (Å²) in [7, 11) is 0. The predicted octanol–water partition coefficient (Wildman–Crippen LogP) is 6.46. The number of aryl methyl sites for hydroxylation is 1. The lowest BCUT2D eigenvalue weighted by Gasteiger charge is -2.37. The summed E-state index contributed by atoms with van der Waals surface area (Å²) in [6.07, 6.45) is 0. The molecule has 5 rings (SSSR count). The van der Waals surface area contributed by atoms with E-state index in [2.05, 4.69) is 60.4 Å². The van der Waals surface area contributed by atoms with Crippen molar-refractivity contribution in [1.82, 2.24) is 4.90 Å². The third kappa shape index (κ3) is 4.31. The van der Waals surface area contributed by atoms with E-state index >= 15 is 0 Å². The normalized spacial score (nSPS) is 19.1. The van der Waals surface area contributed by atoms with E-state index in [-0.39, 0.29) is 12.6 Å². The van der Waals surface area contributed by atoms with Gasteiger partial charge in [-0.25, -0.2) is 9.79 Å². The minimum atomic E-state index is -1.26. The highest BCUT2D eigenvalue weighted by molar-refractivity contribution is 6.04. The number of benzene rings is 4. The summed E-state index contributed by atoms with van der Waals surface area (Å²) in [6, 6.07) is 38.3. The minimum Gasteiger partial charge on any atom is -0.464 e. The largest absolute Gasteiger partial charge is 0.464 e. The molecule has 0 saturated carbocycles. The van der Waals surface area contributed by atoms with Crippen molar-refractivity contribution in [3.63, 3.8) is 0 Å². The topological polar surface area (TPSA) is 41.9 Å². The van der Waals surface area contributed by atoms with Crippen LogP contribution >= 0.6 is 0 Å². The predicted molar refractivity (Wildman–Crippen MR) is 144 cm³/mol. The second-order valence-corrected chi connectivity index (χ2v) is 9.08. The van der Waals surface area contributed by atoms with Crippen LogP contribution in [0.4, 0.5) is 0 Å². The summed E-state index contributed by atoms with van der Waals surface area (Å²) < 4.78 is 5.76. The van der Waals surface area contributed by atoms with E-state index in [0.29, 0.717) is 6.54 Å². The van der Waals surface area contributed by atoms with E-state index in [1.54, 1.807) is 0 Å². The quantitative estimate of drug-likeness (QED) is 0.289. The zero-order valence-electron chi connectivity index (χ0n) is 20.7. The van der Waals surface area contributed by atoms with Gasteiger partial charge < -0.3 is 9.64 Å². The van der Waals surface area contributed by atoms with E-state index in [0.717, 1.165) is 28.1 Å². The van der Waals surface area contributed by atoms with Gasteiger partial charge in [0, 0.05) is 12.1 Å². The maximum atomic E-state index is 14.0. The Labute approximate surface area is 212 Å². The lowest BCUT2D eigenvalue weighted by Crippen LogP contribution is -2.44. The molecule has 180 valence electrons. The summed E-state index contributed by atoms with van der Waals surface area (Å²) in [5.41, 5.74) is 3.90. The fourth-order valence-corrected chi connectivity index (χ4v) is 5.00. The molecule has 0 amide bonds. The zero-order valence-corrected chi connectivity index (χ0v) is 20.7. The Morgan fingerprint density at radius 2 is 1.42 bits per heavy atom. The lowest BCUT2D eigenvalue weighted by atomic mass is 9.79. The van der Waals surface area contributed by atoms with E-state index < -0.39 is 11.6 Å². The van der Waals surface area contributed by atoms with Crippen molar-refractivity contribution in [3.05, 3.63) is 143 Å². The van der Waals surface area contributed by atoms with E-state index in [9.17, 15) is 4.79 Å². The second kappa shape index (κ2) is 10.2. The summed E-state index contributed by atoms with van der Waals surface area (Å²) in [5.74, 6) is 0.437. The van der Waals surface area contributed by atoms with Gasteiger partial charge in [-0.2, -0.15) is 0 Å². The summed E-state index contributed by atoms with van der Waals surface area (Å²) >= 11 is 0. The van der Waals surface area contributed by atoms with Crippen molar-refractivity contribution < 1.29 is 9.53 Å². The van der Waals surface area contributed by atoms with Gasteiger partial charge in [-0.05, 0) is 30.5 Å². The lowest BCUT2D eigenvalue weighted by molar-refractivity contribution is -0.151. The van der Waals surface area contributed by atoms with Crippen LogP contribution in [0.2, 0.25) is 0 Å². The number of aliphatic imine (C=N–C) groups is 1. The Morgan fingerprint density at radius 3 is 2.03 bits per heavy atom. The van der Waals surface area contributed by atoms with Crippen molar-refractivity contribution in [1.29, 1.82) is 0 Å². The molecular formula is C32H30N2O2. The molecule has 1 heterocycles. The first kappa shape index (κ1) is 23.6. The molecule has 4 aromatic carbocycles. The molecule has 1 aliphatic rings. The van der Waals surface area contributed by atoms with Gasteiger partial charge in [0.1, 0.15) is 5.84 Å². The van der Waals surface area contributed by atoms with Crippen molar-refractivity contribution in [2.75, 3.05) is 6.61 Å². The Bertz CT molecular complexity index is 1340. The highest BCUT2D eigenvalue weighted by Crippen LogP contribution is 2.50. The zero-order chi connectivity index (χ0) is 25.0. The average molecular weight is 475 g/mol. The maximum absolute atomic E-state index is 14.0. The van der Waals surface area contributed by atoms with Crippen LogP contribution in [-0.4, -0.2) is 23.3 Å². The van der Waals surface area contributed by atoms with E-state index in [1.165, 1.54) is 5.56 Å². The molecule has 0 aromatic heterocycles. The van der Waals surface area contributed by atoms with Gasteiger partial charge in [0.2, 0.25) is 5.54 Å². The number of ether oxygens (including phenoxy) is 1. The molecule has 0 fully saturated rings. The molecule has 0 N–H and O–H groups in total. The Kier molecular flexibility index (Phi) is 6.68. The van der Waals surface area contributed by atoms with Crippen LogP contribution in [0.25, 0.3) is 0 Å². The average Bonchev–Trinajstić information content (AvgIpc) is 3.27. The first-order chi connectivity index (χ1) is 17.6. The third-order valence-electron chi connectivity index (χ3n) is 6.68. The molecule has 4 heteroatoms. The van der Waals surface area contributed by atoms with Crippen LogP contribution in [0.15, 0.2) is 120 Å². The fourth-order valence-electron chi connectivity index (χ4n) is 5.00. The first-order valence-corrected chi connectivity index (χ1v) is 12.4. The van der Waals surface area contributed by atoms with Gasteiger partial charge in [-0.1, -0.05) is 121 Å². The van der Waals surface area contributed by atoms with Gasteiger partial charge in [0.05, 0.1) is 12.6 Å². The standard InChI is InChI=1S/C32H30N2O2/c1-3-36-31(35)32(28-17-11-6-12-18-28)29(26-13-7-4-8-14-26)34(23-25-21-19-24(2)20-22-25)30(33-32)27-15-9-5-10-16-27/h4-22,29H,3,23H2,1-2H3/t29-,32-/m1/s1. The molecule has 1 aliphatic heterocycles. The molecule has 0 aliphatic carbocycles. The molecule has 4 nitrogen and oxygen atoms in total. The second-order valence-electron chi connectivity index (χ2n) is 9.08. The Morgan fingerprint density at radius 1 is 0.833 bits per heavy atom. The molecule has 0 spiro atoms. The van der Waals surface area contributed by atoms with Crippen molar-refractivity contribution in [3.8, 4) is 0 Å². The van der Waals surface area contributed by atoms with Gasteiger partial charge in [-0.3, -0.25) is 0 Å². The Hall–Kier alpha value is -4.18. The summed E-state index contributed by atoms with van der Waals surface area (Å²) in [4.78, 5) is 21.6. The number of rotatable bonds is 7. The number of carbonyl (C=O) groups excluding carboxylic acids is 1. The van der Waals surface area contributed by atoms with Crippen LogP contribution < -0.4 is 0 Å². The minimum absolute atomic E-state index is 0.281. The molecule has 0 bridgehead atoms. The van der Waals surface area contributed by atoms with Crippen molar-refractivity contribution in [2.24, 2.45) is 4.99 Å². The number of amidine groups is 1. The Balaban J connectivity index is 1.78. The highest BCUT2D eigenvalue weighted by Gasteiger charge is 2.57. The van der Waals surface area contributed by atoms with Crippen molar-refractivity contribution in [2.45, 2.75) is 32.0 Å². The molecule has 4 aromatic rings. The number of esters is 1. The third-order valence-corrected chi connectivity index (χ3v) is 6.68. The van der Waals surface area contributed by atoms with E-state index in [1.807, 2.05) is 73.7 Å². The monoisotopic (exact) mass is 474 g/mol. The van der Waals surface area contributed by atoms with Gasteiger partial charge in [0.15, 0.2) is 0 Å². The number of hydrogen-bond donors (Lipinski definition) is 0. The molecule has 0 unspecified atom stereocenters. The number of nitrogens with zero attached hydrogens (tertiary/aromatic N) is 2. The SMILES string of the molecule is CCOC(=O)[C@]1(c2ccccc2)N=C(c2ccccc2)N(Cc2ccc(C)cc2)[C@@H]1c1ccccc1. The summed E-state index contributed by atoms with van der Waals surface area (Å²) in [5, 5.41) is 0. The van der Waals surface area contributed by atoms with Crippen LogP contribution in [0.1, 0.15) is 40.8 Å². The summed E-state index contributed by atoms with van der Waals surface area (Å²) in [6.45, 7) is 4.81. The van der Waals surface area contributed by atoms with Crippen LogP contribution in [0, 0.1) is 6.92 Å².